The molecule has 1 rings (SSSR count). The van der Waals surface area contributed by atoms with Gasteiger partial charge in [0.15, 0.2) is 0 Å². The summed E-state index contributed by atoms with van der Waals surface area (Å²) in [5, 5.41) is 10.5. The van der Waals surface area contributed by atoms with E-state index in [1.165, 1.54) is 25.0 Å². The van der Waals surface area contributed by atoms with E-state index in [0.717, 1.165) is 12.1 Å². The van der Waals surface area contributed by atoms with Crippen molar-refractivity contribution < 1.29 is 0 Å². The lowest BCUT2D eigenvalue weighted by molar-refractivity contribution is 0.703. The molecule has 0 atom stereocenters. The molecule has 0 unspecified atom stereocenters. The Bertz CT molecular complexity index is 205. The number of rotatable bonds is 4. The van der Waals surface area contributed by atoms with Gasteiger partial charge in [0, 0.05) is 0 Å². The van der Waals surface area contributed by atoms with Gasteiger partial charge in [0.25, 0.3) is 0 Å². The van der Waals surface area contributed by atoms with Crippen LogP contribution < -0.4 is 0 Å². The average molecular weight is 153 g/mol. The van der Waals surface area contributed by atoms with Crippen LogP contribution in [0, 0.1) is 6.92 Å². The van der Waals surface area contributed by atoms with E-state index < -0.39 is 0 Å². The zero-order valence-electron chi connectivity index (χ0n) is 7.22. The Hall–Kier alpha value is -0.860. The minimum atomic E-state index is 1.04. The lowest BCUT2D eigenvalue weighted by Crippen LogP contribution is -1.88. The van der Waals surface area contributed by atoms with Crippen molar-refractivity contribution in [3.05, 3.63) is 11.4 Å². The molecule has 62 valence electrons. The number of unbranched alkanes of at least 4 members (excludes halogenated alkanes) is 2. The summed E-state index contributed by atoms with van der Waals surface area (Å²) in [5.74, 6) is 0. The standard InChI is InChI=1S/C8H15N3/c1-3-4-5-6-8-7(2)9-11-10-8/h3-6H2,1-2H3,(H,9,10,11). The van der Waals surface area contributed by atoms with E-state index in [9.17, 15) is 0 Å². The molecule has 1 N–H and O–H groups in total. The molecule has 0 fully saturated rings. The average Bonchev–Trinajstić information content (AvgIpc) is 2.37. The largest absolute Gasteiger partial charge is 0.262 e. The van der Waals surface area contributed by atoms with Crippen molar-refractivity contribution in [2.75, 3.05) is 0 Å². The summed E-state index contributed by atoms with van der Waals surface area (Å²) < 4.78 is 0. The Balaban J connectivity index is 2.32. The third-order valence-electron chi connectivity index (χ3n) is 1.85. The first-order valence-electron chi connectivity index (χ1n) is 4.21. The summed E-state index contributed by atoms with van der Waals surface area (Å²) in [7, 11) is 0. The van der Waals surface area contributed by atoms with Gasteiger partial charge in [0.2, 0.25) is 0 Å². The van der Waals surface area contributed by atoms with Gasteiger partial charge in [-0.05, 0) is 19.8 Å². The quantitative estimate of drug-likeness (QED) is 0.671. The highest BCUT2D eigenvalue weighted by atomic mass is 15.3. The molecule has 11 heavy (non-hydrogen) atoms. The van der Waals surface area contributed by atoms with E-state index in [-0.39, 0.29) is 0 Å². The zero-order valence-corrected chi connectivity index (χ0v) is 7.22. The lowest BCUT2D eigenvalue weighted by atomic mass is 10.1. The molecule has 1 aromatic heterocycles. The van der Waals surface area contributed by atoms with Gasteiger partial charge in [0.05, 0.1) is 11.4 Å². The number of hydrogen-bond acceptors (Lipinski definition) is 2. The van der Waals surface area contributed by atoms with Crippen LogP contribution in [0.15, 0.2) is 0 Å². The molecule has 0 aromatic carbocycles. The Morgan fingerprint density at radius 2 is 2.18 bits per heavy atom. The number of nitrogens with one attached hydrogen (secondary N) is 1. The molecule has 0 saturated carbocycles. The molecule has 0 aliphatic heterocycles. The molecule has 0 aliphatic carbocycles. The van der Waals surface area contributed by atoms with Crippen LogP contribution in [0.25, 0.3) is 0 Å². The van der Waals surface area contributed by atoms with E-state index in [4.69, 9.17) is 0 Å². The van der Waals surface area contributed by atoms with Gasteiger partial charge in [0.1, 0.15) is 0 Å². The van der Waals surface area contributed by atoms with Gasteiger partial charge in [-0.25, -0.2) is 0 Å². The third-order valence-corrected chi connectivity index (χ3v) is 1.85. The molecular formula is C8H15N3. The summed E-state index contributed by atoms with van der Waals surface area (Å²) in [4.78, 5) is 0. The molecule has 0 amide bonds. The fourth-order valence-electron chi connectivity index (χ4n) is 1.09. The number of aromatic amines is 1. The molecule has 0 radical (unpaired) electrons. The van der Waals surface area contributed by atoms with Crippen molar-refractivity contribution in [1.29, 1.82) is 0 Å². The van der Waals surface area contributed by atoms with Crippen molar-refractivity contribution in [1.82, 2.24) is 15.4 Å². The van der Waals surface area contributed by atoms with Crippen molar-refractivity contribution in [3.63, 3.8) is 0 Å². The first-order valence-corrected chi connectivity index (χ1v) is 4.21. The molecule has 3 nitrogen and oxygen atoms in total. The third kappa shape index (κ3) is 2.33. The van der Waals surface area contributed by atoms with Gasteiger partial charge in [-0.3, -0.25) is 5.10 Å². The Morgan fingerprint density at radius 3 is 2.73 bits per heavy atom. The monoisotopic (exact) mass is 153 g/mol. The predicted octanol–water partition coefficient (Wildman–Crippen LogP) is 1.85. The van der Waals surface area contributed by atoms with Gasteiger partial charge in [-0.2, -0.15) is 0 Å². The second-order valence-electron chi connectivity index (χ2n) is 2.83. The minimum Gasteiger partial charge on any atom is -0.262 e. The Morgan fingerprint density at radius 1 is 1.36 bits per heavy atom. The topological polar surface area (TPSA) is 41.6 Å². The number of aryl methyl sites for hydroxylation is 2. The van der Waals surface area contributed by atoms with Crippen LogP contribution in [0.2, 0.25) is 0 Å². The highest BCUT2D eigenvalue weighted by Gasteiger charge is 1.99. The maximum atomic E-state index is 3.89. The second kappa shape index (κ2) is 4.11. The number of nitrogens with zero attached hydrogens (tertiary/aromatic N) is 2. The summed E-state index contributed by atoms with van der Waals surface area (Å²) in [6.45, 7) is 4.20. The van der Waals surface area contributed by atoms with Crippen molar-refractivity contribution >= 4 is 0 Å². The molecule has 3 heteroatoms. The highest BCUT2D eigenvalue weighted by Crippen LogP contribution is 2.05. The van der Waals surface area contributed by atoms with Crippen LogP contribution in [-0.4, -0.2) is 15.4 Å². The van der Waals surface area contributed by atoms with Crippen LogP contribution in [0.4, 0.5) is 0 Å². The second-order valence-corrected chi connectivity index (χ2v) is 2.83. The molecule has 1 heterocycles. The van der Waals surface area contributed by atoms with E-state index in [2.05, 4.69) is 22.3 Å². The SMILES string of the molecule is CCCCCc1[nH]nnc1C. The summed E-state index contributed by atoms with van der Waals surface area (Å²) >= 11 is 0. The van der Waals surface area contributed by atoms with E-state index in [0.29, 0.717) is 0 Å². The van der Waals surface area contributed by atoms with E-state index in [1.807, 2.05) is 6.92 Å². The lowest BCUT2D eigenvalue weighted by Gasteiger charge is -1.95. The normalized spacial score (nSPS) is 10.4. The maximum Gasteiger partial charge on any atom is 0.0825 e. The molecule has 0 spiro atoms. The molecule has 0 bridgehead atoms. The first kappa shape index (κ1) is 8.24. The number of H-pyrrole nitrogens is 1. The smallest absolute Gasteiger partial charge is 0.0825 e. The van der Waals surface area contributed by atoms with Crippen LogP contribution in [0.1, 0.15) is 37.6 Å². The summed E-state index contributed by atoms with van der Waals surface area (Å²) in [6, 6.07) is 0. The molecule has 1 aromatic rings. The van der Waals surface area contributed by atoms with Gasteiger partial charge < -0.3 is 0 Å². The van der Waals surface area contributed by atoms with Crippen molar-refractivity contribution in [2.24, 2.45) is 0 Å². The Labute approximate surface area is 67.2 Å². The summed E-state index contributed by atoms with van der Waals surface area (Å²) in [6.07, 6.45) is 4.88. The number of aromatic nitrogens is 3. The van der Waals surface area contributed by atoms with Gasteiger partial charge in [-0.1, -0.05) is 25.0 Å². The van der Waals surface area contributed by atoms with E-state index in [1.54, 1.807) is 0 Å². The van der Waals surface area contributed by atoms with Gasteiger partial charge >= 0.3 is 0 Å². The van der Waals surface area contributed by atoms with Crippen LogP contribution >= 0.6 is 0 Å². The molecular weight excluding hydrogens is 138 g/mol. The highest BCUT2D eigenvalue weighted by molar-refractivity contribution is 5.05. The molecule has 0 saturated heterocycles. The fourth-order valence-corrected chi connectivity index (χ4v) is 1.09. The van der Waals surface area contributed by atoms with Crippen LogP contribution in [0.3, 0.4) is 0 Å². The summed E-state index contributed by atoms with van der Waals surface area (Å²) in [5.41, 5.74) is 2.24. The predicted molar refractivity (Wildman–Crippen MR) is 44.3 cm³/mol. The fraction of sp³-hybridized carbons (Fsp3) is 0.750. The van der Waals surface area contributed by atoms with Crippen molar-refractivity contribution in [3.8, 4) is 0 Å². The zero-order chi connectivity index (χ0) is 8.10. The van der Waals surface area contributed by atoms with Crippen molar-refractivity contribution in [2.45, 2.75) is 39.5 Å². The minimum absolute atomic E-state index is 1.04. The first-order chi connectivity index (χ1) is 5.34. The van der Waals surface area contributed by atoms with Crippen LogP contribution in [0.5, 0.6) is 0 Å². The van der Waals surface area contributed by atoms with Gasteiger partial charge in [-0.15, -0.1) is 5.10 Å². The van der Waals surface area contributed by atoms with Crippen LogP contribution in [-0.2, 0) is 6.42 Å². The number of hydrogen-bond donors (Lipinski definition) is 1. The van der Waals surface area contributed by atoms with E-state index >= 15 is 0 Å². The maximum absolute atomic E-state index is 3.89. The molecule has 0 aliphatic rings. The Kier molecular flexibility index (Phi) is 3.08.